The molecule has 96 valence electrons. The van der Waals surface area contributed by atoms with Gasteiger partial charge in [-0.2, -0.15) is 0 Å². The Morgan fingerprint density at radius 3 is 2.12 bits per heavy atom. The Hall–Kier alpha value is 0.400. The number of morpholine rings is 1. The summed E-state index contributed by atoms with van der Waals surface area (Å²) in [5, 5.41) is 1.08. The van der Waals surface area contributed by atoms with E-state index in [1.54, 1.807) is 0 Å². The molecule has 3 heteroatoms. The predicted molar refractivity (Wildman–Crippen MR) is 73.2 cm³/mol. The summed E-state index contributed by atoms with van der Waals surface area (Å²) >= 11 is 3.65. The Bertz CT molecular complexity index is 204. The van der Waals surface area contributed by atoms with Crippen LogP contribution in [-0.4, -0.2) is 42.1 Å². The summed E-state index contributed by atoms with van der Waals surface area (Å²) in [6, 6.07) is 0. The van der Waals surface area contributed by atoms with Crippen molar-refractivity contribution in [2.45, 2.75) is 46.8 Å². The Morgan fingerprint density at radius 2 is 1.75 bits per heavy atom. The number of rotatable bonds is 3. The molecule has 2 nitrogen and oxygen atoms in total. The van der Waals surface area contributed by atoms with Crippen LogP contribution in [0, 0.1) is 11.3 Å². The van der Waals surface area contributed by atoms with Crippen molar-refractivity contribution in [3.8, 4) is 0 Å². The zero-order valence-electron chi connectivity index (χ0n) is 11.3. The first kappa shape index (κ1) is 14.5. The highest BCUT2D eigenvalue weighted by molar-refractivity contribution is 9.09. The lowest BCUT2D eigenvalue weighted by Crippen LogP contribution is -2.48. The molecule has 0 spiro atoms. The zero-order chi connectivity index (χ0) is 12.3. The van der Waals surface area contributed by atoms with Gasteiger partial charge in [0.1, 0.15) is 0 Å². The minimum absolute atomic E-state index is 0.369. The quantitative estimate of drug-likeness (QED) is 0.741. The fourth-order valence-corrected chi connectivity index (χ4v) is 3.48. The summed E-state index contributed by atoms with van der Waals surface area (Å²) in [4.78, 5) is 2.55. The highest BCUT2D eigenvalue weighted by Crippen LogP contribution is 2.29. The molecule has 0 aromatic heterocycles. The molecule has 1 heterocycles. The summed E-state index contributed by atoms with van der Waals surface area (Å²) in [5.41, 5.74) is 0.369. The van der Waals surface area contributed by atoms with Gasteiger partial charge in [0, 0.05) is 25.0 Å². The first-order valence-electron chi connectivity index (χ1n) is 6.26. The maximum atomic E-state index is 5.76. The molecule has 16 heavy (non-hydrogen) atoms. The lowest BCUT2D eigenvalue weighted by molar-refractivity contribution is -0.0740. The number of halogens is 1. The second-order valence-electron chi connectivity index (χ2n) is 6.19. The van der Waals surface area contributed by atoms with Crippen LogP contribution >= 0.6 is 15.9 Å². The van der Waals surface area contributed by atoms with Gasteiger partial charge in [-0.25, -0.2) is 0 Å². The number of hydrogen-bond donors (Lipinski definition) is 0. The highest BCUT2D eigenvalue weighted by atomic mass is 79.9. The Balaban J connectivity index is 2.51. The predicted octanol–water partition coefficient (Wildman–Crippen LogP) is 3.15. The van der Waals surface area contributed by atoms with E-state index in [1.165, 1.54) is 6.54 Å². The van der Waals surface area contributed by atoms with E-state index in [0.717, 1.165) is 18.4 Å². The van der Waals surface area contributed by atoms with Crippen LogP contribution in [0.15, 0.2) is 0 Å². The van der Waals surface area contributed by atoms with E-state index in [2.05, 4.69) is 55.4 Å². The number of nitrogens with zero attached hydrogens (tertiary/aromatic N) is 1. The molecule has 0 N–H and O–H groups in total. The van der Waals surface area contributed by atoms with Gasteiger partial charge in [0.05, 0.1) is 12.2 Å². The minimum atomic E-state index is 0.369. The van der Waals surface area contributed by atoms with Crippen molar-refractivity contribution in [1.82, 2.24) is 4.90 Å². The van der Waals surface area contributed by atoms with E-state index >= 15 is 0 Å². The molecule has 1 aliphatic rings. The van der Waals surface area contributed by atoms with Crippen LogP contribution in [0.3, 0.4) is 0 Å². The van der Waals surface area contributed by atoms with Gasteiger partial charge in [-0.15, -0.1) is 0 Å². The van der Waals surface area contributed by atoms with Gasteiger partial charge < -0.3 is 4.74 Å². The lowest BCUT2D eigenvalue weighted by atomic mass is 9.81. The van der Waals surface area contributed by atoms with Crippen molar-refractivity contribution in [2.24, 2.45) is 11.3 Å². The Labute approximate surface area is 109 Å². The molecule has 1 rings (SSSR count). The Kier molecular flexibility index (Phi) is 5.27. The van der Waals surface area contributed by atoms with Crippen LogP contribution in [0.5, 0.6) is 0 Å². The van der Waals surface area contributed by atoms with E-state index in [0.29, 0.717) is 23.5 Å². The van der Waals surface area contributed by atoms with Crippen LogP contribution in [0.2, 0.25) is 0 Å². The molecule has 0 aliphatic carbocycles. The van der Waals surface area contributed by atoms with Gasteiger partial charge in [-0.1, -0.05) is 36.7 Å². The third-order valence-corrected chi connectivity index (χ3v) is 4.17. The third-order valence-electron chi connectivity index (χ3n) is 3.38. The van der Waals surface area contributed by atoms with Crippen LogP contribution in [-0.2, 0) is 4.74 Å². The molecule has 0 saturated carbocycles. The van der Waals surface area contributed by atoms with Gasteiger partial charge in [0.15, 0.2) is 0 Å². The molecule has 1 fully saturated rings. The Morgan fingerprint density at radius 1 is 1.25 bits per heavy atom. The SMILES string of the molecule is CC1CN(CC(CBr)C(C)(C)C)CC(C)O1. The number of alkyl halides is 1. The standard InChI is InChI=1S/C13H26BrNO/c1-10-7-15(8-11(2)16-10)9-12(6-14)13(3,4)5/h10-12H,6-9H2,1-5H3. The van der Waals surface area contributed by atoms with Gasteiger partial charge in [0.25, 0.3) is 0 Å². The van der Waals surface area contributed by atoms with E-state index in [4.69, 9.17) is 4.74 Å². The first-order valence-corrected chi connectivity index (χ1v) is 7.39. The van der Waals surface area contributed by atoms with Crippen LogP contribution in [0.4, 0.5) is 0 Å². The van der Waals surface area contributed by atoms with Crippen molar-refractivity contribution in [3.05, 3.63) is 0 Å². The fraction of sp³-hybridized carbons (Fsp3) is 1.00. The van der Waals surface area contributed by atoms with Crippen LogP contribution in [0.25, 0.3) is 0 Å². The van der Waals surface area contributed by atoms with Gasteiger partial charge in [-0.05, 0) is 25.2 Å². The average molecular weight is 292 g/mol. The van der Waals surface area contributed by atoms with Crippen molar-refractivity contribution < 1.29 is 4.74 Å². The van der Waals surface area contributed by atoms with E-state index in [-0.39, 0.29) is 0 Å². The lowest BCUT2D eigenvalue weighted by Gasteiger charge is -2.40. The normalized spacial score (nSPS) is 30.4. The minimum Gasteiger partial charge on any atom is -0.373 e. The molecular weight excluding hydrogens is 266 g/mol. The molecule has 3 atom stereocenters. The monoisotopic (exact) mass is 291 g/mol. The summed E-state index contributed by atoms with van der Waals surface area (Å²) in [7, 11) is 0. The topological polar surface area (TPSA) is 12.5 Å². The van der Waals surface area contributed by atoms with Crippen molar-refractivity contribution in [1.29, 1.82) is 0 Å². The van der Waals surface area contributed by atoms with Crippen molar-refractivity contribution in [3.63, 3.8) is 0 Å². The molecular formula is C13H26BrNO. The summed E-state index contributed by atoms with van der Waals surface area (Å²) in [6.45, 7) is 14.6. The fourth-order valence-electron chi connectivity index (χ4n) is 2.30. The second-order valence-corrected chi connectivity index (χ2v) is 6.84. The van der Waals surface area contributed by atoms with E-state index in [9.17, 15) is 0 Å². The molecule has 0 bridgehead atoms. The molecule has 0 amide bonds. The van der Waals surface area contributed by atoms with Crippen LogP contribution < -0.4 is 0 Å². The van der Waals surface area contributed by atoms with E-state index < -0.39 is 0 Å². The van der Waals surface area contributed by atoms with Crippen LogP contribution in [0.1, 0.15) is 34.6 Å². The maximum Gasteiger partial charge on any atom is 0.0678 e. The average Bonchev–Trinajstić information content (AvgIpc) is 2.10. The van der Waals surface area contributed by atoms with Crippen molar-refractivity contribution >= 4 is 15.9 Å². The number of hydrogen-bond acceptors (Lipinski definition) is 2. The first-order chi connectivity index (χ1) is 7.32. The molecule has 3 unspecified atom stereocenters. The van der Waals surface area contributed by atoms with Gasteiger partial charge in [-0.3, -0.25) is 4.90 Å². The molecule has 1 aliphatic heterocycles. The zero-order valence-corrected chi connectivity index (χ0v) is 12.9. The van der Waals surface area contributed by atoms with Gasteiger partial charge >= 0.3 is 0 Å². The summed E-state index contributed by atoms with van der Waals surface area (Å²) < 4.78 is 5.76. The molecule has 0 radical (unpaired) electrons. The van der Waals surface area contributed by atoms with Crippen molar-refractivity contribution in [2.75, 3.05) is 25.0 Å². The summed E-state index contributed by atoms with van der Waals surface area (Å²) in [5.74, 6) is 0.699. The second kappa shape index (κ2) is 5.83. The largest absolute Gasteiger partial charge is 0.373 e. The summed E-state index contributed by atoms with van der Waals surface area (Å²) in [6.07, 6.45) is 0.749. The van der Waals surface area contributed by atoms with E-state index in [1.807, 2.05) is 0 Å². The molecule has 0 aromatic rings. The smallest absolute Gasteiger partial charge is 0.0678 e. The molecule has 0 aromatic carbocycles. The molecule has 1 saturated heterocycles. The highest BCUT2D eigenvalue weighted by Gasteiger charge is 2.29. The number of ether oxygens (including phenoxy) is 1. The maximum absolute atomic E-state index is 5.76. The van der Waals surface area contributed by atoms with Gasteiger partial charge in [0.2, 0.25) is 0 Å². The third kappa shape index (κ3) is 4.34.